The van der Waals surface area contributed by atoms with Gasteiger partial charge in [-0.15, -0.1) is 13.2 Å². The normalized spacial score (nSPS) is 27.7. The highest BCUT2D eigenvalue weighted by Crippen LogP contribution is 2.43. The van der Waals surface area contributed by atoms with Crippen LogP contribution in [0.1, 0.15) is 96.0 Å². The number of hydrogen-bond donors (Lipinski definition) is 0. The van der Waals surface area contributed by atoms with E-state index < -0.39 is 6.36 Å². The zero-order valence-electron chi connectivity index (χ0n) is 18.6. The monoisotopic (exact) mass is 424 g/mol. The molecule has 0 radical (unpaired) electrons. The maximum absolute atomic E-state index is 12.3. The lowest BCUT2D eigenvalue weighted by molar-refractivity contribution is -0.274. The lowest BCUT2D eigenvalue weighted by Crippen LogP contribution is -2.26. The quantitative estimate of drug-likeness (QED) is 0.360. The Balaban J connectivity index is 1.32. The van der Waals surface area contributed by atoms with E-state index in [1.165, 1.54) is 89.2 Å². The van der Waals surface area contributed by atoms with Gasteiger partial charge in [-0.25, -0.2) is 0 Å². The SMILES string of the molecule is CCCCC[C@H]1CC[C@H]([C@H]2CC[C@H](CCc3ccc(OC(F)(F)F)cc3)CC2)CC1. The van der Waals surface area contributed by atoms with E-state index in [2.05, 4.69) is 11.7 Å². The largest absolute Gasteiger partial charge is 0.573 e. The van der Waals surface area contributed by atoms with Gasteiger partial charge >= 0.3 is 6.36 Å². The summed E-state index contributed by atoms with van der Waals surface area (Å²) in [5.74, 6) is 3.55. The van der Waals surface area contributed by atoms with Gasteiger partial charge in [-0.1, -0.05) is 70.4 Å². The summed E-state index contributed by atoms with van der Waals surface area (Å²) in [5.41, 5.74) is 1.10. The minimum Gasteiger partial charge on any atom is -0.406 e. The van der Waals surface area contributed by atoms with E-state index in [0.29, 0.717) is 0 Å². The second-order valence-corrected chi connectivity index (χ2v) is 9.79. The highest BCUT2D eigenvalue weighted by Gasteiger charge is 2.31. The third-order valence-corrected chi connectivity index (χ3v) is 7.66. The van der Waals surface area contributed by atoms with Crippen molar-refractivity contribution in [2.45, 2.75) is 103 Å². The molecule has 2 fully saturated rings. The summed E-state index contributed by atoms with van der Waals surface area (Å²) in [4.78, 5) is 0. The third-order valence-electron chi connectivity index (χ3n) is 7.66. The Bertz CT molecular complexity index is 594. The molecule has 0 saturated heterocycles. The number of aryl methyl sites for hydroxylation is 1. The zero-order valence-corrected chi connectivity index (χ0v) is 18.6. The van der Waals surface area contributed by atoms with Gasteiger partial charge in [-0.2, -0.15) is 0 Å². The number of alkyl halides is 3. The third kappa shape index (κ3) is 7.81. The van der Waals surface area contributed by atoms with E-state index in [1.54, 1.807) is 12.1 Å². The fraction of sp³-hybridized carbons (Fsp3) is 0.769. The molecule has 1 aromatic carbocycles. The van der Waals surface area contributed by atoms with Crippen LogP contribution in [0.3, 0.4) is 0 Å². The Kier molecular flexibility index (Phi) is 8.95. The van der Waals surface area contributed by atoms with Gasteiger partial charge in [0.25, 0.3) is 0 Å². The molecule has 0 bridgehead atoms. The number of benzene rings is 1. The summed E-state index contributed by atoms with van der Waals surface area (Å²) in [6.07, 6.45) is 14.4. The number of rotatable bonds is 9. The van der Waals surface area contributed by atoms with Crippen LogP contribution in [0.15, 0.2) is 24.3 Å². The van der Waals surface area contributed by atoms with Gasteiger partial charge in [0.15, 0.2) is 0 Å². The summed E-state index contributed by atoms with van der Waals surface area (Å²) in [6.45, 7) is 2.29. The van der Waals surface area contributed by atoms with E-state index in [0.717, 1.165) is 42.1 Å². The van der Waals surface area contributed by atoms with Gasteiger partial charge in [0, 0.05) is 0 Å². The Hall–Kier alpha value is -1.19. The van der Waals surface area contributed by atoms with Crippen LogP contribution < -0.4 is 4.74 Å². The topological polar surface area (TPSA) is 9.23 Å². The van der Waals surface area contributed by atoms with Gasteiger partial charge in [0.05, 0.1) is 0 Å². The first-order chi connectivity index (χ1) is 14.4. The molecule has 0 N–H and O–H groups in total. The van der Waals surface area contributed by atoms with Crippen molar-refractivity contribution in [2.24, 2.45) is 23.7 Å². The maximum atomic E-state index is 12.3. The van der Waals surface area contributed by atoms with Gasteiger partial charge < -0.3 is 4.74 Å². The summed E-state index contributed by atoms with van der Waals surface area (Å²) < 4.78 is 40.7. The van der Waals surface area contributed by atoms with Crippen LogP contribution >= 0.6 is 0 Å². The fourth-order valence-corrected chi connectivity index (χ4v) is 5.81. The summed E-state index contributed by atoms with van der Waals surface area (Å²) >= 11 is 0. The first-order valence-corrected chi connectivity index (χ1v) is 12.3. The second kappa shape index (κ2) is 11.4. The molecule has 0 amide bonds. The van der Waals surface area contributed by atoms with Gasteiger partial charge in [0.2, 0.25) is 0 Å². The van der Waals surface area contributed by atoms with Gasteiger partial charge in [-0.05, 0) is 79.9 Å². The molecular weight excluding hydrogens is 385 g/mol. The molecule has 0 aromatic heterocycles. The van der Waals surface area contributed by atoms with Crippen LogP contribution in [0.2, 0.25) is 0 Å². The van der Waals surface area contributed by atoms with Gasteiger partial charge in [0.1, 0.15) is 5.75 Å². The van der Waals surface area contributed by atoms with Crippen molar-refractivity contribution < 1.29 is 17.9 Å². The average molecular weight is 425 g/mol. The lowest BCUT2D eigenvalue weighted by atomic mass is 9.68. The molecule has 1 aromatic rings. The standard InChI is InChI=1S/C26H39F3O/c1-2-3-4-5-20-8-14-23(15-9-20)24-16-10-21(11-17-24)6-7-22-12-18-25(19-13-22)30-26(27,28)29/h12-13,18-21,23-24H,2-11,14-17H2,1H3/t20-,21-,23-,24-. The first-order valence-electron chi connectivity index (χ1n) is 12.3. The van der Waals surface area contributed by atoms with Crippen molar-refractivity contribution in [3.8, 4) is 5.75 Å². The molecule has 2 aliphatic rings. The van der Waals surface area contributed by atoms with E-state index in [-0.39, 0.29) is 5.75 Å². The van der Waals surface area contributed by atoms with Crippen molar-refractivity contribution in [2.75, 3.05) is 0 Å². The van der Waals surface area contributed by atoms with Crippen molar-refractivity contribution in [1.82, 2.24) is 0 Å². The van der Waals surface area contributed by atoms with E-state index in [4.69, 9.17) is 0 Å². The Morgan fingerprint density at radius 3 is 1.80 bits per heavy atom. The average Bonchev–Trinajstić information content (AvgIpc) is 2.73. The summed E-state index contributed by atoms with van der Waals surface area (Å²) in [7, 11) is 0. The fourth-order valence-electron chi connectivity index (χ4n) is 5.81. The lowest BCUT2D eigenvalue weighted by Gasteiger charge is -2.38. The van der Waals surface area contributed by atoms with Crippen LogP contribution in [0, 0.1) is 23.7 Å². The Labute approximate surface area is 180 Å². The van der Waals surface area contributed by atoms with Crippen molar-refractivity contribution in [1.29, 1.82) is 0 Å². The van der Waals surface area contributed by atoms with Crippen LogP contribution in [-0.4, -0.2) is 6.36 Å². The number of ether oxygens (including phenoxy) is 1. The molecule has 30 heavy (non-hydrogen) atoms. The smallest absolute Gasteiger partial charge is 0.406 e. The van der Waals surface area contributed by atoms with E-state index in [1.807, 2.05) is 0 Å². The highest BCUT2D eigenvalue weighted by molar-refractivity contribution is 5.27. The first kappa shape index (κ1) is 23.5. The molecule has 3 rings (SSSR count). The predicted molar refractivity (Wildman–Crippen MR) is 116 cm³/mol. The van der Waals surface area contributed by atoms with Crippen LogP contribution in [-0.2, 0) is 6.42 Å². The van der Waals surface area contributed by atoms with Crippen LogP contribution in [0.4, 0.5) is 13.2 Å². The van der Waals surface area contributed by atoms with Crippen molar-refractivity contribution in [3.63, 3.8) is 0 Å². The van der Waals surface area contributed by atoms with Crippen LogP contribution in [0.5, 0.6) is 5.75 Å². The highest BCUT2D eigenvalue weighted by atomic mass is 19.4. The van der Waals surface area contributed by atoms with E-state index >= 15 is 0 Å². The molecule has 4 heteroatoms. The molecule has 0 heterocycles. The van der Waals surface area contributed by atoms with E-state index in [9.17, 15) is 13.2 Å². The summed E-state index contributed by atoms with van der Waals surface area (Å²) in [5, 5.41) is 0. The molecule has 0 spiro atoms. The molecule has 0 unspecified atom stereocenters. The number of unbranched alkanes of at least 4 members (excludes halogenated alkanes) is 2. The Morgan fingerprint density at radius 2 is 1.30 bits per heavy atom. The predicted octanol–water partition coefficient (Wildman–Crippen LogP) is 8.71. The van der Waals surface area contributed by atoms with Gasteiger partial charge in [-0.3, -0.25) is 0 Å². The molecule has 2 saturated carbocycles. The molecular formula is C26H39F3O. The molecule has 1 nitrogen and oxygen atoms in total. The summed E-state index contributed by atoms with van der Waals surface area (Å²) in [6, 6.07) is 6.40. The minimum absolute atomic E-state index is 0.133. The molecule has 170 valence electrons. The van der Waals surface area contributed by atoms with Crippen molar-refractivity contribution in [3.05, 3.63) is 29.8 Å². The van der Waals surface area contributed by atoms with Crippen molar-refractivity contribution >= 4 is 0 Å². The Morgan fingerprint density at radius 1 is 0.767 bits per heavy atom. The zero-order chi connectivity index (χ0) is 21.4. The molecule has 0 atom stereocenters. The number of hydrogen-bond acceptors (Lipinski definition) is 1. The number of halogens is 3. The van der Waals surface area contributed by atoms with Crippen LogP contribution in [0.25, 0.3) is 0 Å². The second-order valence-electron chi connectivity index (χ2n) is 9.79. The minimum atomic E-state index is -4.62. The maximum Gasteiger partial charge on any atom is 0.573 e. The molecule has 2 aliphatic carbocycles. The molecule has 0 aliphatic heterocycles.